The summed E-state index contributed by atoms with van der Waals surface area (Å²) in [6, 6.07) is 0. The lowest BCUT2D eigenvalue weighted by molar-refractivity contribution is 0.722. The Balaban J connectivity index is 3.32. The molecule has 0 saturated heterocycles. The van der Waals surface area contributed by atoms with E-state index in [9.17, 15) is 0 Å². The highest BCUT2D eigenvalue weighted by atomic mass is 32.2. The Hall–Kier alpha value is 0.700. The van der Waals surface area contributed by atoms with Gasteiger partial charge < -0.3 is 0 Å². The van der Waals surface area contributed by atoms with Crippen LogP contribution in [0.15, 0.2) is 0 Å². The fourth-order valence-electron chi connectivity index (χ4n) is 1.49. The molecule has 0 amide bonds. The van der Waals surface area contributed by atoms with Crippen molar-refractivity contribution in [1.82, 2.24) is 0 Å². The molecule has 16 heavy (non-hydrogen) atoms. The third-order valence-corrected chi connectivity index (χ3v) is 5.44. The first-order valence-electron chi connectivity index (χ1n) is 6.93. The van der Waals surface area contributed by atoms with E-state index in [0.717, 1.165) is 10.5 Å². The molecule has 0 fully saturated rings. The van der Waals surface area contributed by atoms with Gasteiger partial charge in [0.15, 0.2) is 0 Å². The van der Waals surface area contributed by atoms with Crippen molar-refractivity contribution in [3.05, 3.63) is 0 Å². The monoisotopic (exact) mass is 262 g/mol. The van der Waals surface area contributed by atoms with Gasteiger partial charge in [-0.2, -0.15) is 23.5 Å². The summed E-state index contributed by atoms with van der Waals surface area (Å²) >= 11 is 4.32. The van der Waals surface area contributed by atoms with Gasteiger partial charge in [-0.15, -0.1) is 0 Å². The molecule has 0 aliphatic carbocycles. The topological polar surface area (TPSA) is 0 Å². The molecule has 0 saturated carbocycles. The normalized spacial score (nSPS) is 15.0. The fraction of sp³-hybridized carbons (Fsp3) is 1.00. The lowest BCUT2D eigenvalue weighted by atomic mass is 10.2. The maximum absolute atomic E-state index is 2.39. The van der Waals surface area contributed by atoms with Gasteiger partial charge in [-0.1, -0.05) is 40.5 Å². The van der Waals surface area contributed by atoms with Crippen LogP contribution in [0, 0.1) is 0 Å². The first-order chi connectivity index (χ1) is 7.70. The highest BCUT2D eigenvalue weighted by Gasteiger charge is 2.07. The van der Waals surface area contributed by atoms with Crippen LogP contribution < -0.4 is 0 Å². The van der Waals surface area contributed by atoms with E-state index in [1.54, 1.807) is 0 Å². The summed E-state index contributed by atoms with van der Waals surface area (Å²) in [5.41, 5.74) is 0. The van der Waals surface area contributed by atoms with E-state index in [2.05, 4.69) is 51.2 Å². The largest absolute Gasteiger partial charge is 0.159 e. The molecular weight excluding hydrogens is 232 g/mol. The van der Waals surface area contributed by atoms with Crippen LogP contribution in [-0.4, -0.2) is 22.0 Å². The molecule has 2 atom stereocenters. The zero-order valence-corrected chi connectivity index (χ0v) is 13.3. The van der Waals surface area contributed by atoms with E-state index in [1.165, 1.54) is 50.0 Å². The van der Waals surface area contributed by atoms with E-state index in [-0.39, 0.29) is 0 Å². The zero-order valence-electron chi connectivity index (χ0n) is 11.6. The summed E-state index contributed by atoms with van der Waals surface area (Å²) in [5.74, 6) is 2.71. The van der Waals surface area contributed by atoms with E-state index in [0.29, 0.717) is 0 Å². The molecule has 0 rings (SSSR count). The highest BCUT2D eigenvalue weighted by Crippen LogP contribution is 2.23. The second-order valence-electron chi connectivity index (χ2n) is 4.65. The van der Waals surface area contributed by atoms with Crippen molar-refractivity contribution in [1.29, 1.82) is 0 Å². The van der Waals surface area contributed by atoms with Crippen LogP contribution in [-0.2, 0) is 0 Å². The first-order valence-corrected chi connectivity index (χ1v) is 9.03. The van der Waals surface area contributed by atoms with Crippen molar-refractivity contribution in [3.63, 3.8) is 0 Å². The Labute approximate surface area is 112 Å². The number of thioether (sulfide) groups is 2. The third kappa shape index (κ3) is 11.2. The smallest absolute Gasteiger partial charge is 0.00191 e. The Morgan fingerprint density at radius 2 is 1.12 bits per heavy atom. The second-order valence-corrected chi connectivity index (χ2v) is 7.74. The summed E-state index contributed by atoms with van der Waals surface area (Å²) in [6.45, 7) is 9.34. The summed E-state index contributed by atoms with van der Waals surface area (Å²) < 4.78 is 0. The van der Waals surface area contributed by atoms with Gasteiger partial charge in [0.2, 0.25) is 0 Å². The molecule has 0 aliphatic heterocycles. The van der Waals surface area contributed by atoms with Crippen molar-refractivity contribution in [2.45, 2.75) is 76.7 Å². The molecule has 2 heteroatoms. The average Bonchev–Trinajstić information content (AvgIpc) is 2.27. The van der Waals surface area contributed by atoms with Gasteiger partial charge in [-0.3, -0.25) is 0 Å². The Kier molecular flexibility index (Phi) is 12.7. The van der Waals surface area contributed by atoms with Gasteiger partial charge in [-0.05, 0) is 37.2 Å². The van der Waals surface area contributed by atoms with Gasteiger partial charge in [0.1, 0.15) is 0 Å². The number of hydrogen-bond acceptors (Lipinski definition) is 2. The minimum Gasteiger partial charge on any atom is -0.159 e. The van der Waals surface area contributed by atoms with E-state index >= 15 is 0 Å². The average molecular weight is 263 g/mol. The number of hydrogen-bond donors (Lipinski definition) is 0. The molecule has 0 nitrogen and oxygen atoms in total. The Morgan fingerprint density at radius 1 is 0.750 bits per heavy atom. The molecule has 0 N–H and O–H groups in total. The summed E-state index contributed by atoms with van der Waals surface area (Å²) in [7, 11) is 0. The molecule has 0 bridgehead atoms. The standard InChI is InChI=1S/C14H30S2/c1-5-7-11-15-13(3)9-10-14(4)16-12-8-6-2/h13-14H,5-12H2,1-4H3. The maximum atomic E-state index is 2.39. The zero-order chi connectivity index (χ0) is 12.2. The van der Waals surface area contributed by atoms with E-state index < -0.39 is 0 Å². The SMILES string of the molecule is CCCCSC(C)CCC(C)SCCCC. The molecule has 0 heterocycles. The predicted octanol–water partition coefficient (Wildman–Crippen LogP) is 5.61. The van der Waals surface area contributed by atoms with Crippen LogP contribution >= 0.6 is 23.5 Å². The molecule has 98 valence electrons. The number of rotatable bonds is 11. The predicted molar refractivity (Wildman–Crippen MR) is 82.9 cm³/mol. The van der Waals surface area contributed by atoms with Crippen LogP contribution in [0.4, 0.5) is 0 Å². The van der Waals surface area contributed by atoms with Crippen molar-refractivity contribution < 1.29 is 0 Å². The van der Waals surface area contributed by atoms with E-state index in [1.807, 2.05) is 0 Å². The molecule has 2 unspecified atom stereocenters. The Morgan fingerprint density at radius 3 is 1.44 bits per heavy atom. The van der Waals surface area contributed by atoms with Crippen LogP contribution in [0.3, 0.4) is 0 Å². The quantitative estimate of drug-likeness (QED) is 0.444. The summed E-state index contributed by atoms with van der Waals surface area (Å²) in [5, 5.41) is 1.72. The van der Waals surface area contributed by atoms with Crippen LogP contribution in [0.25, 0.3) is 0 Å². The third-order valence-electron chi connectivity index (χ3n) is 2.78. The molecule has 0 radical (unpaired) electrons. The molecule has 0 aromatic rings. The van der Waals surface area contributed by atoms with Crippen molar-refractivity contribution >= 4 is 23.5 Å². The van der Waals surface area contributed by atoms with Gasteiger partial charge >= 0.3 is 0 Å². The molecule has 0 spiro atoms. The van der Waals surface area contributed by atoms with Gasteiger partial charge in [0, 0.05) is 10.5 Å². The first kappa shape index (κ1) is 16.7. The lowest BCUT2D eigenvalue weighted by Gasteiger charge is -2.15. The van der Waals surface area contributed by atoms with E-state index in [4.69, 9.17) is 0 Å². The number of unbranched alkanes of at least 4 members (excludes halogenated alkanes) is 2. The summed E-state index contributed by atoms with van der Waals surface area (Å²) in [6.07, 6.45) is 8.24. The molecule has 0 aliphatic rings. The lowest BCUT2D eigenvalue weighted by Crippen LogP contribution is -2.04. The molecule has 0 aromatic heterocycles. The minimum atomic E-state index is 0.862. The summed E-state index contributed by atoms with van der Waals surface area (Å²) in [4.78, 5) is 0. The second kappa shape index (κ2) is 12.2. The molecular formula is C14H30S2. The van der Waals surface area contributed by atoms with Crippen LogP contribution in [0.2, 0.25) is 0 Å². The van der Waals surface area contributed by atoms with Gasteiger partial charge in [0.05, 0.1) is 0 Å². The van der Waals surface area contributed by atoms with Crippen molar-refractivity contribution in [3.8, 4) is 0 Å². The highest BCUT2D eigenvalue weighted by molar-refractivity contribution is 8.00. The van der Waals surface area contributed by atoms with Gasteiger partial charge in [-0.25, -0.2) is 0 Å². The van der Waals surface area contributed by atoms with Crippen LogP contribution in [0.1, 0.15) is 66.2 Å². The maximum Gasteiger partial charge on any atom is 0.00191 e. The minimum absolute atomic E-state index is 0.862. The van der Waals surface area contributed by atoms with Crippen LogP contribution in [0.5, 0.6) is 0 Å². The molecule has 0 aromatic carbocycles. The Bertz CT molecular complexity index is 121. The van der Waals surface area contributed by atoms with Crippen molar-refractivity contribution in [2.75, 3.05) is 11.5 Å². The fourth-order valence-corrected chi connectivity index (χ4v) is 3.81. The van der Waals surface area contributed by atoms with Crippen molar-refractivity contribution in [2.24, 2.45) is 0 Å². The van der Waals surface area contributed by atoms with Gasteiger partial charge in [0.25, 0.3) is 0 Å².